The predicted octanol–water partition coefficient (Wildman–Crippen LogP) is 3.23. The van der Waals surface area contributed by atoms with Gasteiger partial charge in [0.05, 0.1) is 12.2 Å². The molecule has 6 heteroatoms. The number of hydrogen-bond donors (Lipinski definition) is 1. The van der Waals surface area contributed by atoms with Crippen molar-refractivity contribution in [1.29, 1.82) is 0 Å². The molecule has 1 aromatic heterocycles. The standard InChI is InChI=1S/C13H18BrIN4/c1-8-6-19(13(15)18-8)7-11(9(2)16)12(14)17-5-10-3-4-10/h6,10H,3-5,7,16H2,1-2H3. The largest absolute Gasteiger partial charge is 0.402 e. The third-order valence-corrected chi connectivity index (χ3v) is 4.68. The van der Waals surface area contributed by atoms with E-state index >= 15 is 0 Å². The summed E-state index contributed by atoms with van der Waals surface area (Å²) in [4.78, 5) is 9.00. The van der Waals surface area contributed by atoms with Crippen LogP contribution in [-0.4, -0.2) is 20.7 Å². The second-order valence-corrected chi connectivity index (χ2v) is 6.73. The summed E-state index contributed by atoms with van der Waals surface area (Å²) >= 11 is 5.80. The molecule has 2 N–H and O–H groups in total. The van der Waals surface area contributed by atoms with Crippen molar-refractivity contribution in [2.24, 2.45) is 16.6 Å². The monoisotopic (exact) mass is 436 g/mol. The maximum absolute atomic E-state index is 6.00. The maximum atomic E-state index is 6.00. The molecule has 1 saturated carbocycles. The molecule has 1 aliphatic carbocycles. The van der Waals surface area contributed by atoms with E-state index in [9.17, 15) is 0 Å². The summed E-state index contributed by atoms with van der Waals surface area (Å²) in [7, 11) is 0. The average molecular weight is 437 g/mol. The van der Waals surface area contributed by atoms with Crippen LogP contribution in [0.2, 0.25) is 0 Å². The van der Waals surface area contributed by atoms with Crippen molar-refractivity contribution in [3.63, 3.8) is 0 Å². The van der Waals surface area contributed by atoms with Crippen LogP contribution in [-0.2, 0) is 6.54 Å². The number of aromatic nitrogens is 2. The Hall–Kier alpha value is -0.370. The summed E-state index contributed by atoms with van der Waals surface area (Å²) in [6.45, 7) is 5.51. The zero-order valence-corrected chi connectivity index (χ0v) is 14.9. The van der Waals surface area contributed by atoms with E-state index in [1.165, 1.54) is 12.8 Å². The number of allylic oxidation sites excluding steroid dienone is 2. The molecule has 0 saturated heterocycles. The highest BCUT2D eigenvalue weighted by Gasteiger charge is 2.21. The van der Waals surface area contributed by atoms with Crippen LogP contribution < -0.4 is 5.73 Å². The van der Waals surface area contributed by atoms with Gasteiger partial charge in [-0.25, -0.2) is 4.98 Å². The third-order valence-electron chi connectivity index (χ3n) is 3.09. The lowest BCUT2D eigenvalue weighted by Gasteiger charge is -2.10. The fourth-order valence-corrected chi connectivity index (χ4v) is 3.03. The molecule has 0 aliphatic heterocycles. The van der Waals surface area contributed by atoms with Crippen LogP contribution >= 0.6 is 38.5 Å². The molecular weight excluding hydrogens is 419 g/mol. The lowest BCUT2D eigenvalue weighted by Crippen LogP contribution is -2.12. The van der Waals surface area contributed by atoms with E-state index in [0.29, 0.717) is 6.54 Å². The van der Waals surface area contributed by atoms with Crippen LogP contribution in [0.3, 0.4) is 0 Å². The first-order valence-corrected chi connectivity index (χ1v) is 8.19. The van der Waals surface area contributed by atoms with Gasteiger partial charge in [-0.3, -0.25) is 4.99 Å². The summed E-state index contributed by atoms with van der Waals surface area (Å²) in [5.74, 6) is 0.780. The lowest BCUT2D eigenvalue weighted by molar-refractivity contribution is 0.769. The Morgan fingerprint density at radius 3 is 2.79 bits per heavy atom. The summed E-state index contributed by atoms with van der Waals surface area (Å²) in [6.07, 6.45) is 4.65. The Bertz CT molecular complexity index is 525. The molecule has 1 aromatic rings. The molecule has 1 heterocycles. The summed E-state index contributed by atoms with van der Waals surface area (Å²) in [5, 5.41) is 0. The summed E-state index contributed by atoms with van der Waals surface area (Å²) in [6, 6.07) is 0. The first kappa shape index (κ1) is 15.0. The highest BCUT2D eigenvalue weighted by molar-refractivity contribution is 14.1. The molecule has 104 valence electrons. The summed E-state index contributed by atoms with van der Waals surface area (Å²) in [5.41, 5.74) is 8.85. The fraction of sp³-hybridized carbons (Fsp3) is 0.538. The predicted molar refractivity (Wildman–Crippen MR) is 90.5 cm³/mol. The quantitative estimate of drug-likeness (QED) is 0.569. The highest BCUT2D eigenvalue weighted by atomic mass is 127. The zero-order chi connectivity index (χ0) is 14.0. The minimum absolute atomic E-state index is 0.705. The van der Waals surface area contributed by atoms with Gasteiger partial charge in [0.1, 0.15) is 4.62 Å². The molecule has 19 heavy (non-hydrogen) atoms. The number of hydrogen-bond acceptors (Lipinski definition) is 3. The van der Waals surface area contributed by atoms with Gasteiger partial charge in [0, 0.05) is 24.0 Å². The van der Waals surface area contributed by atoms with Crippen molar-refractivity contribution in [2.45, 2.75) is 33.2 Å². The topological polar surface area (TPSA) is 56.2 Å². The first-order chi connectivity index (χ1) is 8.97. The van der Waals surface area contributed by atoms with Crippen molar-refractivity contribution < 1.29 is 0 Å². The van der Waals surface area contributed by atoms with Gasteiger partial charge in [-0.05, 0) is 71.1 Å². The van der Waals surface area contributed by atoms with Crippen molar-refractivity contribution in [1.82, 2.24) is 9.55 Å². The SMILES string of the molecule is CC(N)=C(Cn1cc(C)nc1I)C(Br)=NCC1CC1. The Morgan fingerprint density at radius 2 is 2.32 bits per heavy atom. The van der Waals surface area contributed by atoms with Crippen LogP contribution in [0.25, 0.3) is 0 Å². The van der Waals surface area contributed by atoms with Gasteiger partial charge in [-0.2, -0.15) is 0 Å². The number of nitrogens with two attached hydrogens (primary N) is 1. The van der Waals surface area contributed by atoms with Gasteiger partial charge < -0.3 is 10.3 Å². The van der Waals surface area contributed by atoms with Crippen LogP contribution in [0.1, 0.15) is 25.5 Å². The molecule has 0 radical (unpaired) electrons. The van der Waals surface area contributed by atoms with E-state index in [-0.39, 0.29) is 0 Å². The van der Waals surface area contributed by atoms with E-state index in [2.05, 4.69) is 53.1 Å². The number of aliphatic imine (C=N–C) groups is 1. The Balaban J connectivity index is 2.14. The van der Waals surface area contributed by atoms with E-state index in [0.717, 1.165) is 37.9 Å². The Morgan fingerprint density at radius 1 is 1.63 bits per heavy atom. The van der Waals surface area contributed by atoms with Crippen LogP contribution in [0, 0.1) is 16.7 Å². The normalized spacial score (nSPS) is 17.6. The van der Waals surface area contributed by atoms with Crippen LogP contribution in [0.15, 0.2) is 22.5 Å². The number of imidazole rings is 1. The van der Waals surface area contributed by atoms with Gasteiger partial charge in [-0.15, -0.1) is 0 Å². The van der Waals surface area contributed by atoms with E-state index in [1.807, 2.05) is 20.0 Å². The van der Waals surface area contributed by atoms with E-state index in [4.69, 9.17) is 5.73 Å². The molecule has 0 atom stereocenters. The average Bonchev–Trinajstić information content (AvgIpc) is 3.09. The van der Waals surface area contributed by atoms with Crippen LogP contribution in [0.4, 0.5) is 0 Å². The van der Waals surface area contributed by atoms with Gasteiger partial charge in [0.25, 0.3) is 0 Å². The van der Waals surface area contributed by atoms with Gasteiger partial charge in [-0.1, -0.05) is 0 Å². The van der Waals surface area contributed by atoms with Crippen molar-refractivity contribution in [3.8, 4) is 0 Å². The second kappa shape index (κ2) is 6.39. The molecule has 1 aliphatic rings. The Labute approximate surface area is 135 Å². The minimum Gasteiger partial charge on any atom is -0.402 e. The number of aryl methyl sites for hydroxylation is 1. The molecule has 2 rings (SSSR count). The third kappa shape index (κ3) is 4.30. The molecule has 4 nitrogen and oxygen atoms in total. The molecule has 0 spiro atoms. The Kier molecular flexibility index (Phi) is 5.05. The minimum atomic E-state index is 0.705. The summed E-state index contributed by atoms with van der Waals surface area (Å²) < 4.78 is 3.94. The van der Waals surface area contributed by atoms with Gasteiger partial charge in [0.2, 0.25) is 0 Å². The number of rotatable bonds is 5. The smallest absolute Gasteiger partial charge is 0.171 e. The van der Waals surface area contributed by atoms with Crippen LogP contribution in [0.5, 0.6) is 0 Å². The second-order valence-electron chi connectivity index (χ2n) is 5.02. The van der Waals surface area contributed by atoms with Gasteiger partial charge >= 0.3 is 0 Å². The molecular formula is C13H18BrIN4. The van der Waals surface area contributed by atoms with Gasteiger partial charge in [0.15, 0.2) is 3.83 Å². The van der Waals surface area contributed by atoms with E-state index < -0.39 is 0 Å². The van der Waals surface area contributed by atoms with E-state index in [1.54, 1.807) is 0 Å². The number of nitrogens with zero attached hydrogens (tertiary/aromatic N) is 3. The fourth-order valence-electron chi connectivity index (χ4n) is 1.76. The van der Waals surface area contributed by atoms with Crippen molar-refractivity contribution in [3.05, 3.63) is 27.0 Å². The highest BCUT2D eigenvalue weighted by Crippen LogP contribution is 2.29. The molecule has 1 fully saturated rings. The van der Waals surface area contributed by atoms with Crippen molar-refractivity contribution >= 4 is 43.1 Å². The molecule has 0 aromatic carbocycles. The molecule has 0 amide bonds. The molecule has 0 bridgehead atoms. The number of halogens is 2. The maximum Gasteiger partial charge on any atom is 0.171 e. The first-order valence-electron chi connectivity index (χ1n) is 6.32. The van der Waals surface area contributed by atoms with Crippen molar-refractivity contribution in [2.75, 3.05) is 6.54 Å². The lowest BCUT2D eigenvalue weighted by atomic mass is 10.2. The zero-order valence-electron chi connectivity index (χ0n) is 11.2. The molecule has 0 unspecified atom stereocenters.